The van der Waals surface area contributed by atoms with Gasteiger partial charge in [-0.05, 0) is 77.0 Å². The quantitative estimate of drug-likeness (QED) is 0.0199. The zero-order chi connectivity index (χ0) is 72.5. The first-order chi connectivity index (χ1) is 48.8. The summed E-state index contributed by atoms with van der Waals surface area (Å²) in [6.07, 6.45) is 54.3. The summed E-state index contributed by atoms with van der Waals surface area (Å²) in [6.45, 7) is 1.62. The van der Waals surface area contributed by atoms with Crippen molar-refractivity contribution in [2.45, 2.75) is 394 Å². The molecule has 580 valence electrons. The fraction of sp³-hybridized carbons (Fsp3) is 0.815. The van der Waals surface area contributed by atoms with Crippen LogP contribution in [0.3, 0.4) is 0 Å². The Bertz CT molecular complexity index is 2140. The van der Waals surface area contributed by atoms with Crippen LogP contribution in [0.4, 0.5) is 0 Å². The van der Waals surface area contributed by atoms with Gasteiger partial charge in [0.2, 0.25) is 5.91 Å². The van der Waals surface area contributed by atoms with Gasteiger partial charge in [0.15, 0.2) is 18.9 Å². The Morgan fingerprint density at radius 1 is 0.370 bits per heavy atom. The van der Waals surface area contributed by atoms with Crippen LogP contribution in [0, 0.1) is 0 Å². The molecule has 3 rings (SSSR count). The van der Waals surface area contributed by atoms with Crippen LogP contribution in [0.25, 0.3) is 0 Å². The first-order valence-corrected chi connectivity index (χ1v) is 39.8. The fourth-order valence-electron chi connectivity index (χ4n) is 13.1. The molecule has 3 fully saturated rings. The number of carbonyl (C=O) groups excluding carboxylic acids is 1. The summed E-state index contributed by atoms with van der Waals surface area (Å²) >= 11 is 0. The van der Waals surface area contributed by atoms with Gasteiger partial charge in [0, 0.05) is 6.42 Å². The summed E-state index contributed by atoms with van der Waals surface area (Å²) in [4.78, 5) is 13.5. The summed E-state index contributed by atoms with van der Waals surface area (Å²) in [5.41, 5.74) is 0. The zero-order valence-corrected chi connectivity index (χ0v) is 61.9. The van der Waals surface area contributed by atoms with Crippen LogP contribution in [0.15, 0.2) is 85.1 Å². The van der Waals surface area contributed by atoms with E-state index in [0.29, 0.717) is 12.8 Å². The summed E-state index contributed by atoms with van der Waals surface area (Å²) in [7, 11) is 0. The first-order valence-electron chi connectivity index (χ1n) is 39.8. The van der Waals surface area contributed by atoms with Gasteiger partial charge in [-0.3, -0.25) is 4.79 Å². The molecule has 0 aliphatic carbocycles. The van der Waals surface area contributed by atoms with Gasteiger partial charge in [-0.25, -0.2) is 0 Å². The van der Waals surface area contributed by atoms with Gasteiger partial charge in [-0.15, -0.1) is 0 Å². The van der Waals surface area contributed by atoms with Gasteiger partial charge < -0.3 is 89.9 Å². The zero-order valence-electron chi connectivity index (χ0n) is 61.9. The van der Waals surface area contributed by atoms with E-state index >= 15 is 0 Å². The van der Waals surface area contributed by atoms with Gasteiger partial charge in [0.05, 0.1) is 38.6 Å². The predicted octanol–water partition coefficient (Wildman–Crippen LogP) is 13.0. The number of ether oxygens (including phenoxy) is 6. The molecule has 0 bridgehead atoms. The summed E-state index contributed by atoms with van der Waals surface area (Å²) in [6, 6.07) is -1.00. The van der Waals surface area contributed by atoms with Gasteiger partial charge in [0.25, 0.3) is 0 Å². The molecule has 0 radical (unpaired) electrons. The number of aliphatic hydroxyl groups excluding tert-OH is 11. The molecule has 19 nitrogen and oxygen atoms in total. The highest BCUT2D eigenvalue weighted by Crippen LogP contribution is 2.33. The molecule has 0 spiro atoms. The van der Waals surface area contributed by atoms with Crippen LogP contribution in [-0.4, -0.2) is 193 Å². The molecule has 12 N–H and O–H groups in total. The van der Waals surface area contributed by atoms with Crippen molar-refractivity contribution < 1.29 is 89.4 Å². The molecule has 3 aliphatic heterocycles. The van der Waals surface area contributed by atoms with Crippen molar-refractivity contribution in [3.63, 3.8) is 0 Å². The van der Waals surface area contributed by atoms with E-state index in [-0.39, 0.29) is 18.9 Å². The average Bonchev–Trinajstić information content (AvgIpc) is 0.783. The van der Waals surface area contributed by atoms with E-state index in [1.54, 1.807) is 6.08 Å². The lowest BCUT2D eigenvalue weighted by Gasteiger charge is -2.48. The number of aliphatic hydroxyl groups is 11. The normalized spacial score (nSPS) is 26.9. The number of nitrogens with one attached hydrogen (secondary N) is 1. The Morgan fingerprint density at radius 2 is 0.700 bits per heavy atom. The van der Waals surface area contributed by atoms with E-state index in [2.05, 4.69) is 92.1 Å². The SMILES string of the molecule is CC/C=C\C/C=C\C/C=C\C/C=C\C/C=C\CCCCCCCCCC(=O)NC(COC1OC(CO)C(OC2OC(CO)C(OC3OC(CO)C(O)C(O)C3O)C(O)C2O)C(O)C1O)C(O)/C=C/CC/C=C/CCCCCCCCCCCCCCCCCCCCCCCCCCCC. The third-order valence-corrected chi connectivity index (χ3v) is 19.4. The molecule has 0 aromatic carbocycles. The minimum Gasteiger partial charge on any atom is -0.394 e. The predicted molar refractivity (Wildman–Crippen MR) is 397 cm³/mol. The molecule has 1 amide bonds. The Labute approximate surface area is 603 Å². The average molecular weight is 1420 g/mol. The highest BCUT2D eigenvalue weighted by atomic mass is 16.8. The van der Waals surface area contributed by atoms with Crippen molar-refractivity contribution >= 4 is 5.91 Å². The second-order valence-corrected chi connectivity index (χ2v) is 28.1. The van der Waals surface area contributed by atoms with E-state index in [1.165, 1.54) is 161 Å². The number of rotatable bonds is 62. The number of hydrogen-bond acceptors (Lipinski definition) is 18. The molecule has 17 atom stereocenters. The van der Waals surface area contributed by atoms with Gasteiger partial charge >= 0.3 is 0 Å². The highest BCUT2D eigenvalue weighted by Gasteiger charge is 2.53. The molecule has 3 saturated heterocycles. The van der Waals surface area contributed by atoms with E-state index < -0.39 is 124 Å². The second kappa shape index (κ2) is 61.2. The van der Waals surface area contributed by atoms with Crippen molar-refractivity contribution in [3.05, 3.63) is 85.1 Å². The van der Waals surface area contributed by atoms with Crippen LogP contribution in [0.2, 0.25) is 0 Å². The minimum atomic E-state index is -1.99. The molecule has 0 aromatic rings. The van der Waals surface area contributed by atoms with E-state index in [9.17, 15) is 61.0 Å². The largest absolute Gasteiger partial charge is 0.394 e. The number of allylic oxidation sites excluding steroid dienone is 13. The molecule has 17 unspecified atom stereocenters. The monoisotopic (exact) mass is 1420 g/mol. The number of unbranched alkanes of at least 4 members (excludes halogenated alkanes) is 34. The van der Waals surface area contributed by atoms with Crippen molar-refractivity contribution in [3.8, 4) is 0 Å². The van der Waals surface area contributed by atoms with Crippen LogP contribution in [-0.2, 0) is 33.2 Å². The van der Waals surface area contributed by atoms with E-state index in [0.717, 1.165) is 96.3 Å². The molecule has 19 heteroatoms. The Kier molecular flexibility index (Phi) is 55.8. The highest BCUT2D eigenvalue weighted by molar-refractivity contribution is 5.76. The van der Waals surface area contributed by atoms with Crippen molar-refractivity contribution in [2.24, 2.45) is 0 Å². The minimum absolute atomic E-state index is 0.218. The molecule has 3 heterocycles. The maximum absolute atomic E-state index is 13.5. The maximum atomic E-state index is 13.5. The van der Waals surface area contributed by atoms with Crippen LogP contribution < -0.4 is 5.32 Å². The Balaban J connectivity index is 1.39. The molecular weight excluding hydrogens is 1270 g/mol. The van der Waals surface area contributed by atoms with E-state index in [1.807, 2.05) is 6.08 Å². The van der Waals surface area contributed by atoms with Gasteiger partial charge in [0.1, 0.15) is 73.2 Å². The lowest BCUT2D eigenvalue weighted by Crippen LogP contribution is -2.66. The van der Waals surface area contributed by atoms with Crippen molar-refractivity contribution in [2.75, 3.05) is 26.4 Å². The molecule has 0 aromatic heterocycles. The summed E-state index contributed by atoms with van der Waals surface area (Å²) < 4.78 is 34.4. The fourth-order valence-corrected chi connectivity index (χ4v) is 13.1. The van der Waals surface area contributed by atoms with Crippen molar-refractivity contribution in [1.82, 2.24) is 5.32 Å². The lowest BCUT2D eigenvalue weighted by atomic mass is 9.96. The Hall–Kier alpha value is -3.03. The second-order valence-electron chi connectivity index (χ2n) is 28.1. The summed E-state index contributed by atoms with van der Waals surface area (Å²) in [5.74, 6) is -0.297. The standard InChI is InChI=1S/C81H143NO18/c1-3-5-7-9-11-13-15-17-19-21-23-25-27-28-29-30-31-32-33-34-35-37-38-40-42-44-46-48-50-52-54-56-58-65(86)64(82-69(87)59-57-55-53-51-49-47-45-43-41-39-36-26-24-22-20-18-16-14-12-10-8-6-4-2)63-95-79-75(93)72(90)77(67(61-84)97-79)100-81-76(94)73(91)78(68(62-85)98-81)99-80-74(92)71(89)70(88)66(60-83)96-80/h6,8,12,14,18,20,24,26,39,41,48,50,56,58,64-68,70-81,83-86,88-94H,3-5,7,9-11,13,15-17,19,21-23,25,27-38,40,42-47,49,51-55,57,59-63H2,1-2H3,(H,82,87)/b8-6-,14-12-,20-18-,26-24-,41-39-,50-48+,58-56+. The molecule has 3 aliphatic rings. The smallest absolute Gasteiger partial charge is 0.220 e. The molecule has 100 heavy (non-hydrogen) atoms. The molecular formula is C81H143NO18. The van der Waals surface area contributed by atoms with E-state index in [4.69, 9.17) is 28.4 Å². The molecule has 0 saturated carbocycles. The van der Waals surface area contributed by atoms with Gasteiger partial charge in [-0.2, -0.15) is 0 Å². The topological polar surface area (TPSA) is 307 Å². The lowest BCUT2D eigenvalue weighted by molar-refractivity contribution is -0.379. The number of amides is 1. The third-order valence-electron chi connectivity index (χ3n) is 19.4. The maximum Gasteiger partial charge on any atom is 0.220 e. The van der Waals surface area contributed by atoms with Crippen LogP contribution >= 0.6 is 0 Å². The number of carbonyl (C=O) groups is 1. The summed E-state index contributed by atoms with van der Waals surface area (Å²) in [5, 5.41) is 121. The van der Waals surface area contributed by atoms with Crippen LogP contribution in [0.1, 0.15) is 290 Å². The van der Waals surface area contributed by atoms with Crippen LogP contribution in [0.5, 0.6) is 0 Å². The van der Waals surface area contributed by atoms with Crippen molar-refractivity contribution in [1.29, 1.82) is 0 Å². The van der Waals surface area contributed by atoms with Gasteiger partial charge in [-0.1, -0.05) is 292 Å². The first kappa shape index (κ1) is 91.2. The Morgan fingerprint density at radius 3 is 1.12 bits per heavy atom. The third kappa shape index (κ3) is 41.0. The number of hydrogen-bond donors (Lipinski definition) is 12.